The number of benzene rings is 3. The third kappa shape index (κ3) is 6.72. The first-order valence-corrected chi connectivity index (χ1v) is 12.8. The van der Waals surface area contributed by atoms with Crippen molar-refractivity contribution in [2.75, 3.05) is 18.8 Å². The number of carbonyl (C=O) groups excluding carboxylic acids is 4. The van der Waals surface area contributed by atoms with Crippen molar-refractivity contribution in [2.24, 2.45) is 0 Å². The maximum atomic E-state index is 16.7. The van der Waals surface area contributed by atoms with E-state index in [1.165, 1.54) is 19.2 Å². The molecule has 0 aliphatic carbocycles. The van der Waals surface area contributed by atoms with Gasteiger partial charge in [-0.3, -0.25) is 14.4 Å². The van der Waals surface area contributed by atoms with Crippen LogP contribution in [0.15, 0.2) is 66.7 Å². The zero-order valence-electron chi connectivity index (χ0n) is 22.3. The van der Waals surface area contributed by atoms with Crippen LogP contribution in [0, 0.1) is 0 Å². The molecule has 3 aromatic carbocycles. The first kappa shape index (κ1) is 31.3. The number of esters is 2. The number of alkyl halides is 4. The quantitative estimate of drug-likeness (QED) is 0.160. The lowest BCUT2D eigenvalue weighted by Crippen LogP contribution is -2.42. The number of halogens is 5. The Labute approximate surface area is 246 Å². The lowest BCUT2D eigenvalue weighted by atomic mass is 9.88. The second-order valence-electron chi connectivity index (χ2n) is 9.06. The Morgan fingerprint density at radius 1 is 0.884 bits per heavy atom. The summed E-state index contributed by atoms with van der Waals surface area (Å²) >= 11 is 6.00. The normalized spacial score (nSPS) is 16.0. The van der Waals surface area contributed by atoms with Crippen molar-refractivity contribution in [3.63, 3.8) is 0 Å². The van der Waals surface area contributed by atoms with E-state index in [1.807, 2.05) is 0 Å². The van der Waals surface area contributed by atoms with Crippen molar-refractivity contribution in [1.29, 1.82) is 0 Å². The molecule has 0 saturated carbocycles. The van der Waals surface area contributed by atoms with Gasteiger partial charge in [0.2, 0.25) is 12.5 Å². The molecule has 2 amide bonds. The number of nitrogens with zero attached hydrogens (tertiary/aromatic N) is 1. The summed E-state index contributed by atoms with van der Waals surface area (Å²) in [6.07, 6.45) is -7.33. The monoisotopic (exact) mass is 623 g/mol. The second kappa shape index (κ2) is 12.7. The Hall–Kier alpha value is -4.65. The summed E-state index contributed by atoms with van der Waals surface area (Å²) in [6, 6.07) is 14.1. The SMILES string of the molecule is COc1ccc(Cl)cc1[C@]1(F)C(=O)N(C(=O)OCOC(=O)CCC(=O)OCc2ccccc2)c2cc(C(F)(F)F)ccc21. The van der Waals surface area contributed by atoms with Gasteiger partial charge >= 0.3 is 24.2 Å². The van der Waals surface area contributed by atoms with Gasteiger partial charge in [0.25, 0.3) is 5.91 Å². The smallest absolute Gasteiger partial charge is 0.424 e. The van der Waals surface area contributed by atoms with Crippen LogP contribution in [0.2, 0.25) is 5.02 Å². The van der Waals surface area contributed by atoms with Gasteiger partial charge in [-0.25, -0.2) is 14.1 Å². The average molecular weight is 624 g/mol. The van der Waals surface area contributed by atoms with Crippen LogP contribution >= 0.6 is 11.6 Å². The zero-order chi connectivity index (χ0) is 31.4. The minimum absolute atomic E-state index is 0.00908. The van der Waals surface area contributed by atoms with Crippen molar-refractivity contribution in [3.8, 4) is 5.75 Å². The first-order valence-electron chi connectivity index (χ1n) is 12.5. The molecule has 0 radical (unpaired) electrons. The summed E-state index contributed by atoms with van der Waals surface area (Å²) in [7, 11) is 1.17. The van der Waals surface area contributed by atoms with Gasteiger partial charge in [0, 0.05) is 16.1 Å². The van der Waals surface area contributed by atoms with Gasteiger partial charge in [0.05, 0.1) is 31.2 Å². The Balaban J connectivity index is 1.46. The molecule has 1 heterocycles. The number of methoxy groups -OCH3 is 1. The Kier molecular flexibility index (Phi) is 9.24. The predicted octanol–water partition coefficient (Wildman–Crippen LogP) is 6.09. The molecule has 0 N–H and O–H groups in total. The summed E-state index contributed by atoms with van der Waals surface area (Å²) in [5.41, 5.74) is -5.56. The van der Waals surface area contributed by atoms with Crippen LogP contribution in [-0.4, -0.2) is 37.8 Å². The first-order chi connectivity index (χ1) is 20.4. The minimum Gasteiger partial charge on any atom is -0.496 e. The summed E-state index contributed by atoms with van der Waals surface area (Å²) in [4.78, 5) is 50.3. The molecule has 14 heteroatoms. The number of carbonyl (C=O) groups is 4. The molecule has 1 aliphatic heterocycles. The second-order valence-corrected chi connectivity index (χ2v) is 9.50. The van der Waals surface area contributed by atoms with Crippen molar-refractivity contribution in [2.45, 2.75) is 31.3 Å². The Bertz CT molecular complexity index is 1550. The molecule has 1 atom stereocenters. The highest BCUT2D eigenvalue weighted by Crippen LogP contribution is 2.51. The van der Waals surface area contributed by atoms with E-state index in [1.54, 1.807) is 30.3 Å². The van der Waals surface area contributed by atoms with Crippen LogP contribution in [0.4, 0.5) is 28.0 Å². The molecule has 0 aromatic heterocycles. The van der Waals surface area contributed by atoms with E-state index in [-0.39, 0.29) is 28.7 Å². The van der Waals surface area contributed by atoms with Crippen molar-refractivity contribution in [3.05, 3.63) is 94.0 Å². The summed E-state index contributed by atoms with van der Waals surface area (Å²) in [5, 5.41) is -0.0222. The van der Waals surface area contributed by atoms with Gasteiger partial charge in [0.1, 0.15) is 12.4 Å². The summed E-state index contributed by atoms with van der Waals surface area (Å²) in [6.45, 7) is -1.10. The number of anilines is 1. The molecule has 0 unspecified atom stereocenters. The van der Waals surface area contributed by atoms with E-state index in [9.17, 15) is 32.3 Å². The molecule has 0 bridgehead atoms. The fraction of sp³-hybridized carbons (Fsp3) is 0.241. The predicted molar refractivity (Wildman–Crippen MR) is 142 cm³/mol. The van der Waals surface area contributed by atoms with Gasteiger partial charge in [-0.2, -0.15) is 13.2 Å². The largest absolute Gasteiger partial charge is 0.496 e. The van der Waals surface area contributed by atoms with Crippen LogP contribution in [0.5, 0.6) is 5.75 Å². The highest BCUT2D eigenvalue weighted by molar-refractivity contribution is 6.31. The zero-order valence-corrected chi connectivity index (χ0v) is 23.0. The fourth-order valence-corrected chi connectivity index (χ4v) is 4.42. The summed E-state index contributed by atoms with van der Waals surface area (Å²) < 4.78 is 76.9. The maximum Gasteiger partial charge on any atom is 0.424 e. The number of rotatable bonds is 9. The van der Waals surface area contributed by atoms with Crippen LogP contribution in [0.25, 0.3) is 0 Å². The van der Waals surface area contributed by atoms with Crippen LogP contribution < -0.4 is 9.64 Å². The number of amides is 2. The number of ether oxygens (including phenoxy) is 4. The molecule has 1 aliphatic rings. The third-order valence-electron chi connectivity index (χ3n) is 6.33. The average Bonchev–Trinajstić information content (AvgIpc) is 3.21. The topological polar surface area (TPSA) is 108 Å². The highest BCUT2D eigenvalue weighted by Gasteiger charge is 2.57. The van der Waals surface area contributed by atoms with Crippen LogP contribution in [-0.2, 0) is 47.0 Å². The van der Waals surface area contributed by atoms with E-state index >= 15 is 4.39 Å². The van der Waals surface area contributed by atoms with Crippen molar-refractivity contribution < 1.29 is 55.7 Å². The van der Waals surface area contributed by atoms with Crippen LogP contribution in [0.1, 0.15) is 35.1 Å². The van der Waals surface area contributed by atoms with E-state index in [2.05, 4.69) is 0 Å². The molecule has 226 valence electrons. The van der Waals surface area contributed by atoms with E-state index in [0.29, 0.717) is 12.1 Å². The molecule has 0 spiro atoms. The van der Waals surface area contributed by atoms with Gasteiger partial charge < -0.3 is 18.9 Å². The van der Waals surface area contributed by atoms with E-state index in [0.717, 1.165) is 17.7 Å². The van der Waals surface area contributed by atoms with Gasteiger partial charge in [-0.1, -0.05) is 48.0 Å². The fourth-order valence-electron chi connectivity index (χ4n) is 4.25. The number of fused-ring (bicyclic) bond motifs is 1. The van der Waals surface area contributed by atoms with Gasteiger partial charge in [-0.15, -0.1) is 0 Å². The van der Waals surface area contributed by atoms with E-state index in [4.69, 9.17) is 30.5 Å². The van der Waals surface area contributed by atoms with Crippen molar-refractivity contribution >= 4 is 41.2 Å². The molecule has 0 fully saturated rings. The van der Waals surface area contributed by atoms with Gasteiger partial charge in [-0.05, 0) is 35.9 Å². The lowest BCUT2D eigenvalue weighted by molar-refractivity contribution is -0.156. The van der Waals surface area contributed by atoms with E-state index < -0.39 is 71.4 Å². The molecule has 9 nitrogen and oxygen atoms in total. The van der Waals surface area contributed by atoms with Crippen LogP contribution in [0.3, 0.4) is 0 Å². The number of imide groups is 1. The third-order valence-corrected chi connectivity index (χ3v) is 6.56. The van der Waals surface area contributed by atoms with Gasteiger partial charge in [0.15, 0.2) is 0 Å². The number of hydrogen-bond acceptors (Lipinski definition) is 8. The Morgan fingerprint density at radius 3 is 2.21 bits per heavy atom. The molecular weight excluding hydrogens is 602 g/mol. The van der Waals surface area contributed by atoms with Crippen molar-refractivity contribution in [1.82, 2.24) is 0 Å². The minimum atomic E-state index is -4.90. The Morgan fingerprint density at radius 2 is 1.56 bits per heavy atom. The molecule has 43 heavy (non-hydrogen) atoms. The lowest BCUT2D eigenvalue weighted by Gasteiger charge is -2.22. The standard InChI is InChI=1S/C29H22ClF4NO8/c1-40-23-10-8-19(30)14-21(23)28(31)20-9-7-18(29(32,33)34)13-22(20)35(26(28)38)27(39)43-16-42-25(37)12-11-24(36)41-15-17-5-3-2-4-6-17/h2-10,13-14H,11-12,15-16H2,1H3/t28-/m0/s1. The molecule has 0 saturated heterocycles. The molecular formula is C29H22ClF4NO8. The number of hydrogen-bond donors (Lipinski definition) is 0. The maximum absolute atomic E-state index is 16.7. The highest BCUT2D eigenvalue weighted by atomic mass is 35.5. The summed E-state index contributed by atoms with van der Waals surface area (Å²) in [5.74, 6) is -3.47. The molecule has 3 aromatic rings. The molecule has 4 rings (SSSR count).